The molecule has 7 rings (SSSR count). The van der Waals surface area contributed by atoms with Crippen molar-refractivity contribution in [2.75, 3.05) is 67.6 Å². The fourth-order valence-electron chi connectivity index (χ4n) is 9.17. The highest BCUT2D eigenvalue weighted by atomic mass is 16.7. The minimum Gasteiger partial charge on any atom is -0.480 e. The summed E-state index contributed by atoms with van der Waals surface area (Å²) >= 11 is 0. The van der Waals surface area contributed by atoms with E-state index in [0.717, 1.165) is 4.90 Å². The number of hydrogen-bond acceptors (Lipinski definition) is 19. The zero-order chi connectivity index (χ0) is 66.4. The maximum Gasteiger partial charge on any atom is 0.408 e. The van der Waals surface area contributed by atoms with Gasteiger partial charge in [-0.2, -0.15) is 5.10 Å². The number of nitrogens with one attached hydrogen (secondary N) is 6. The Morgan fingerprint density at radius 3 is 1.28 bits per heavy atom. The second kappa shape index (κ2) is 34.6. The van der Waals surface area contributed by atoms with Crippen LogP contribution in [0.2, 0.25) is 0 Å². The number of hydrogen-bond donors (Lipinski definition) is 10. The van der Waals surface area contributed by atoms with E-state index in [9.17, 15) is 53.1 Å². The number of carboxylic acids is 1. The number of primary amides is 1. The Bertz CT molecular complexity index is 2900. The summed E-state index contributed by atoms with van der Waals surface area (Å²) in [7, 11) is 7.02. The lowest BCUT2D eigenvalue weighted by Crippen LogP contribution is -2.48. The summed E-state index contributed by atoms with van der Waals surface area (Å²) in [6.07, 6.45) is -0.634. The Hall–Kier alpha value is -9.10. The molecule has 90 heavy (non-hydrogen) atoms. The molecule has 14 N–H and O–H groups in total. The summed E-state index contributed by atoms with van der Waals surface area (Å²) in [6.45, 7) is 13.6. The molecule has 3 aliphatic rings. The third kappa shape index (κ3) is 23.8. The number of rotatable bonds is 17. The van der Waals surface area contributed by atoms with Crippen molar-refractivity contribution in [1.29, 1.82) is 0 Å². The number of methoxy groups -OCH3 is 2. The van der Waals surface area contributed by atoms with Crippen molar-refractivity contribution in [1.82, 2.24) is 67.5 Å². The van der Waals surface area contributed by atoms with Crippen molar-refractivity contribution in [3.8, 4) is 0 Å². The topological polar surface area (TPSA) is 430 Å². The van der Waals surface area contributed by atoms with E-state index in [0.29, 0.717) is 41.3 Å². The van der Waals surface area contributed by atoms with Crippen LogP contribution in [-0.4, -0.2) is 214 Å². The maximum absolute atomic E-state index is 12.5. The van der Waals surface area contributed by atoms with Crippen LogP contribution in [0.25, 0.3) is 0 Å². The first-order chi connectivity index (χ1) is 41.8. The van der Waals surface area contributed by atoms with E-state index >= 15 is 0 Å². The fraction of sp³-hybridized carbons (Fsp3) is 0.500. The second-order valence-corrected chi connectivity index (χ2v) is 23.1. The molecule has 0 radical (unpaired) electrons. The zero-order valence-corrected chi connectivity index (χ0v) is 53.2. The number of nitrogens with two attached hydrogens (primary N) is 2. The van der Waals surface area contributed by atoms with E-state index in [1.54, 1.807) is 140 Å². The molecule has 3 saturated heterocycles. The minimum absolute atomic E-state index is 0. The number of H-pyrrole nitrogens is 1. The summed E-state index contributed by atoms with van der Waals surface area (Å²) in [4.78, 5) is 131. The predicted octanol–water partition coefficient (Wildman–Crippen LogP) is 2.21. The molecule has 0 unspecified atom stereocenters. The molecule has 3 aromatic carbocycles. The molecule has 30 nitrogen and oxygen atoms in total. The third-order valence-electron chi connectivity index (χ3n) is 13.8. The molecule has 6 atom stereocenters. The van der Waals surface area contributed by atoms with Crippen LogP contribution in [0.5, 0.6) is 0 Å². The SMILES string of the molecule is CC(C)(C)OC(=O)NCC(=O)N1C[C@H](NC(=O)c2ccccc2)C[C@H]1C(=O)O.CC(C)(C)OC(=O)NCC(=O)N1C[C@H](NC(=O)c2ccccc2)C[C@H]1C(N)=O.COC(C)(OC)N(C)C.Cc1nc([C@@H]2C[C@@H](NC(=O)c3ccccc3)CN2C(=O)CN)n[nH]1.N. The fourth-order valence-corrected chi connectivity index (χ4v) is 9.17. The molecule has 9 amide bonds. The number of amides is 9. The predicted molar refractivity (Wildman–Crippen MR) is 329 cm³/mol. The highest BCUT2D eigenvalue weighted by Crippen LogP contribution is 2.30. The van der Waals surface area contributed by atoms with Crippen molar-refractivity contribution < 1.29 is 72.0 Å². The first-order valence-corrected chi connectivity index (χ1v) is 28.6. The minimum atomic E-state index is -1.16. The van der Waals surface area contributed by atoms with Crippen molar-refractivity contribution in [3.05, 3.63) is 119 Å². The van der Waals surface area contributed by atoms with Crippen LogP contribution in [0.4, 0.5) is 9.59 Å². The van der Waals surface area contributed by atoms with Crippen LogP contribution in [0.1, 0.15) is 116 Å². The van der Waals surface area contributed by atoms with Crippen molar-refractivity contribution in [2.45, 2.75) is 128 Å². The van der Waals surface area contributed by atoms with Crippen molar-refractivity contribution >= 4 is 59.5 Å². The summed E-state index contributed by atoms with van der Waals surface area (Å²) in [5, 5.41) is 29.6. The molecule has 4 heterocycles. The van der Waals surface area contributed by atoms with Gasteiger partial charge in [-0.3, -0.25) is 43.6 Å². The van der Waals surface area contributed by atoms with Gasteiger partial charge in [0.15, 0.2) is 5.82 Å². The number of ether oxygens (including phenoxy) is 4. The smallest absolute Gasteiger partial charge is 0.408 e. The number of carbonyl (C=O) groups excluding carboxylic acids is 9. The van der Waals surface area contributed by atoms with Crippen LogP contribution in [0.15, 0.2) is 91.0 Å². The highest BCUT2D eigenvalue weighted by molar-refractivity contribution is 5.96. The van der Waals surface area contributed by atoms with Gasteiger partial charge in [0.1, 0.15) is 42.2 Å². The molecule has 3 fully saturated rings. The second-order valence-electron chi connectivity index (χ2n) is 23.1. The molecule has 0 spiro atoms. The molecule has 1 aromatic heterocycles. The molecule has 0 bridgehead atoms. The maximum atomic E-state index is 12.5. The Morgan fingerprint density at radius 1 is 0.600 bits per heavy atom. The summed E-state index contributed by atoms with van der Waals surface area (Å²) in [5.74, 6) is -3.20. The normalized spacial score (nSPS) is 18.5. The van der Waals surface area contributed by atoms with Gasteiger partial charge in [-0.25, -0.2) is 19.4 Å². The summed E-state index contributed by atoms with van der Waals surface area (Å²) in [5.41, 5.74) is 11.0. The van der Waals surface area contributed by atoms with Crippen LogP contribution in [0.3, 0.4) is 0 Å². The van der Waals surface area contributed by atoms with E-state index in [1.165, 1.54) is 4.90 Å². The van der Waals surface area contributed by atoms with E-state index in [2.05, 4.69) is 41.8 Å². The average Bonchev–Trinajstić information content (AvgIpc) is 2.19. The van der Waals surface area contributed by atoms with Crippen LogP contribution in [-0.2, 0) is 42.9 Å². The molecule has 0 aliphatic carbocycles. The van der Waals surface area contributed by atoms with E-state index in [4.69, 9.17) is 30.4 Å². The van der Waals surface area contributed by atoms with Gasteiger partial charge in [-0.15, -0.1) is 0 Å². The Balaban J connectivity index is 0.000000328. The van der Waals surface area contributed by atoms with Gasteiger partial charge in [0.25, 0.3) is 17.7 Å². The van der Waals surface area contributed by atoms with Gasteiger partial charge >= 0.3 is 18.2 Å². The van der Waals surface area contributed by atoms with Crippen molar-refractivity contribution in [3.63, 3.8) is 0 Å². The molecular weight excluding hydrogens is 1170 g/mol. The zero-order valence-electron chi connectivity index (χ0n) is 53.2. The number of aromatic amines is 1. The lowest BCUT2D eigenvalue weighted by Gasteiger charge is -2.32. The summed E-state index contributed by atoms with van der Waals surface area (Å²) in [6, 6.07) is 22.8. The highest BCUT2D eigenvalue weighted by Gasteiger charge is 2.42. The quantitative estimate of drug-likeness (QED) is 0.0677. The van der Waals surface area contributed by atoms with Gasteiger partial charge in [0.05, 0.1) is 12.6 Å². The first kappa shape index (κ1) is 75.2. The standard InChI is InChI=1S/C19H26N4O5.C19H25N3O6.C16H20N6O2.C6H15NO2.H3N/c1-19(2,3)28-18(27)21-10-15(24)23-11-13(9-14(23)16(20)25)22-17(26)12-7-5-4-6-8-12;1-19(2,3)28-18(27)20-10-15(23)22-11-13(9-14(22)17(25)26)21-16(24)12-7-5-4-6-8-12;1-10-18-15(21-20-10)13-7-12(9-22(13)14(23)8-17)19-16(24)11-5-3-2-4-6-11;1-6(8-4,9-5)7(2)3;/h4-8,13-14H,9-11H2,1-3H3,(H2,20,25)(H,21,27)(H,22,26);4-8,13-14H,9-11H2,1-3H3,(H,20,27)(H,21,24)(H,25,26);2-6,12-13H,7-9,17H2,1H3,(H,19,24)(H,18,20,21);1-5H3;1H3/t2*13-,14+;12-,13+;;/m111../s1. The number of aromatic nitrogens is 3. The number of aryl methyl sites for hydroxylation is 1. The number of carbonyl (C=O) groups is 10. The first-order valence-electron chi connectivity index (χ1n) is 28.6. The van der Waals surface area contributed by atoms with E-state index < -0.39 is 83.7 Å². The Kier molecular flexibility index (Phi) is 28.9. The van der Waals surface area contributed by atoms with Crippen molar-refractivity contribution in [2.24, 2.45) is 11.5 Å². The number of aliphatic carboxylic acids is 1. The number of nitrogens with zero attached hydrogens (tertiary/aromatic N) is 6. The number of alkyl carbamates (subject to hydrolysis) is 2. The lowest BCUT2D eigenvalue weighted by molar-refractivity contribution is -0.270. The van der Waals surface area contributed by atoms with Crippen LogP contribution in [0, 0.1) is 6.92 Å². The molecule has 0 saturated carbocycles. The Labute approximate surface area is 523 Å². The average molecular weight is 1260 g/mol. The number of likely N-dealkylation sites (tertiary alicyclic amines) is 3. The van der Waals surface area contributed by atoms with Gasteiger partial charge in [0, 0.05) is 82.0 Å². The number of benzene rings is 3. The van der Waals surface area contributed by atoms with Gasteiger partial charge < -0.3 is 83.0 Å². The largest absolute Gasteiger partial charge is 0.480 e. The monoisotopic (exact) mass is 1260 g/mol. The Morgan fingerprint density at radius 2 is 0.967 bits per heavy atom. The molecular formula is C60H89N15O15. The van der Waals surface area contributed by atoms with E-state index in [1.807, 2.05) is 44.1 Å². The molecule has 4 aromatic rings. The number of carboxylic acid groups (broad SMARTS) is 1. The summed E-state index contributed by atoms with van der Waals surface area (Å²) < 4.78 is 20.2. The van der Waals surface area contributed by atoms with Crippen LogP contribution < -0.4 is 44.2 Å². The van der Waals surface area contributed by atoms with Gasteiger partial charge in [0.2, 0.25) is 29.5 Å². The molecule has 494 valence electrons. The third-order valence-corrected chi connectivity index (χ3v) is 13.8. The molecule has 30 heteroatoms. The van der Waals surface area contributed by atoms with Gasteiger partial charge in [-0.05, 0) is 112 Å². The van der Waals surface area contributed by atoms with E-state index in [-0.39, 0.29) is 80.9 Å². The van der Waals surface area contributed by atoms with Crippen LogP contribution >= 0.6 is 0 Å². The molecule has 3 aliphatic heterocycles. The lowest BCUT2D eigenvalue weighted by atomic mass is 10.1. The van der Waals surface area contributed by atoms with Gasteiger partial charge in [-0.1, -0.05) is 54.6 Å².